The molecule has 1 aliphatic carbocycles. The van der Waals surface area contributed by atoms with E-state index < -0.39 is 5.97 Å². The molecular weight excluding hydrogens is 210 g/mol. The molecule has 0 radical (unpaired) electrons. The molecule has 0 aromatic carbocycles. The van der Waals surface area contributed by atoms with Gasteiger partial charge in [-0.1, -0.05) is 11.6 Å². The summed E-state index contributed by atoms with van der Waals surface area (Å²) in [5.74, 6) is -0.812. The van der Waals surface area contributed by atoms with Crippen LogP contribution in [0, 0.1) is 0 Å². The topological polar surface area (TPSA) is 88.2 Å². The fourth-order valence-electron chi connectivity index (χ4n) is 1.92. The molecule has 1 aromatic heterocycles. The number of nitrogens with zero attached hydrogens (tertiary/aromatic N) is 3. The molecule has 0 bridgehead atoms. The zero-order valence-electron chi connectivity index (χ0n) is 9.13. The van der Waals surface area contributed by atoms with Crippen molar-refractivity contribution in [3.05, 3.63) is 11.4 Å². The summed E-state index contributed by atoms with van der Waals surface area (Å²) in [4.78, 5) is 11.0. The van der Waals surface area contributed by atoms with Crippen LogP contribution >= 0.6 is 0 Å². The van der Waals surface area contributed by atoms with Crippen LogP contribution in [0.1, 0.15) is 54.3 Å². The highest BCUT2D eigenvalue weighted by Gasteiger charge is 2.31. The number of hydrogen-bond donors (Lipinski definition) is 2. The third-order valence-corrected chi connectivity index (χ3v) is 3.11. The van der Waals surface area contributed by atoms with E-state index in [-0.39, 0.29) is 24.3 Å². The lowest BCUT2D eigenvalue weighted by molar-refractivity contribution is 0.0687. The van der Waals surface area contributed by atoms with Crippen molar-refractivity contribution in [3.63, 3.8) is 0 Å². The third-order valence-electron chi connectivity index (χ3n) is 3.11. The van der Waals surface area contributed by atoms with Crippen LogP contribution in [0.2, 0.25) is 0 Å². The number of aromatic carboxylic acids is 1. The number of aliphatic hydroxyl groups is 1. The zero-order chi connectivity index (χ0) is 11.7. The van der Waals surface area contributed by atoms with Gasteiger partial charge in [-0.05, 0) is 19.8 Å². The first-order valence-electron chi connectivity index (χ1n) is 5.44. The second-order valence-electron chi connectivity index (χ2n) is 4.23. The Bertz CT molecular complexity index is 398. The number of carboxylic acid groups (broad SMARTS) is 1. The number of carbonyl (C=O) groups is 1. The number of rotatable bonds is 4. The van der Waals surface area contributed by atoms with Crippen LogP contribution in [0.5, 0.6) is 0 Å². The molecule has 0 spiro atoms. The largest absolute Gasteiger partial charge is 0.476 e. The summed E-state index contributed by atoms with van der Waals surface area (Å²) in [6.07, 6.45) is 3.07. The molecule has 0 amide bonds. The first-order valence-corrected chi connectivity index (χ1v) is 5.44. The molecule has 0 saturated heterocycles. The van der Waals surface area contributed by atoms with Crippen molar-refractivity contribution in [3.8, 4) is 0 Å². The van der Waals surface area contributed by atoms with Gasteiger partial charge in [-0.25, -0.2) is 9.48 Å². The van der Waals surface area contributed by atoms with Crippen LogP contribution in [-0.2, 0) is 0 Å². The molecular formula is C10H15N3O3. The molecule has 2 N–H and O–H groups in total. The first-order chi connectivity index (χ1) is 7.65. The average molecular weight is 225 g/mol. The van der Waals surface area contributed by atoms with E-state index in [1.165, 1.54) is 0 Å². The summed E-state index contributed by atoms with van der Waals surface area (Å²) >= 11 is 0. The number of aliphatic hydroxyl groups excluding tert-OH is 1. The molecule has 16 heavy (non-hydrogen) atoms. The maximum Gasteiger partial charge on any atom is 0.358 e. The zero-order valence-corrected chi connectivity index (χ0v) is 9.13. The first kappa shape index (κ1) is 11.1. The second kappa shape index (κ2) is 4.21. The lowest BCUT2D eigenvalue weighted by atomic mass is 9.82. The Labute approximate surface area is 92.9 Å². The van der Waals surface area contributed by atoms with Crippen LogP contribution in [0.4, 0.5) is 0 Å². The molecule has 6 nitrogen and oxygen atoms in total. The fourth-order valence-corrected chi connectivity index (χ4v) is 1.92. The van der Waals surface area contributed by atoms with E-state index in [1.54, 1.807) is 11.6 Å². The molecule has 1 fully saturated rings. The van der Waals surface area contributed by atoms with Gasteiger partial charge in [-0.15, -0.1) is 5.10 Å². The summed E-state index contributed by atoms with van der Waals surface area (Å²) in [5, 5.41) is 25.6. The van der Waals surface area contributed by atoms with E-state index in [2.05, 4.69) is 10.3 Å². The van der Waals surface area contributed by atoms with Gasteiger partial charge in [0.05, 0.1) is 18.3 Å². The summed E-state index contributed by atoms with van der Waals surface area (Å²) in [7, 11) is 0. The van der Waals surface area contributed by atoms with Crippen LogP contribution in [-0.4, -0.2) is 37.8 Å². The highest BCUT2D eigenvalue weighted by atomic mass is 16.4. The Hall–Kier alpha value is -1.43. The smallest absolute Gasteiger partial charge is 0.358 e. The molecule has 1 aliphatic rings. The van der Waals surface area contributed by atoms with Crippen LogP contribution in [0.25, 0.3) is 0 Å². The van der Waals surface area contributed by atoms with Crippen LogP contribution in [0.3, 0.4) is 0 Å². The van der Waals surface area contributed by atoms with Crippen LogP contribution in [0.15, 0.2) is 0 Å². The van der Waals surface area contributed by atoms with Crippen molar-refractivity contribution in [2.24, 2.45) is 0 Å². The SMILES string of the molecule is CC(CO)n1nnc(C(=O)O)c1C1CCC1. The third kappa shape index (κ3) is 1.69. The van der Waals surface area contributed by atoms with Gasteiger partial charge in [-0.2, -0.15) is 0 Å². The molecule has 1 heterocycles. The van der Waals surface area contributed by atoms with E-state index in [0.717, 1.165) is 19.3 Å². The van der Waals surface area contributed by atoms with Gasteiger partial charge in [0, 0.05) is 5.92 Å². The highest BCUT2D eigenvalue weighted by molar-refractivity contribution is 5.86. The van der Waals surface area contributed by atoms with E-state index in [4.69, 9.17) is 10.2 Å². The van der Waals surface area contributed by atoms with Crippen LogP contribution < -0.4 is 0 Å². The predicted molar refractivity (Wildman–Crippen MR) is 55.4 cm³/mol. The number of carboxylic acids is 1. The fraction of sp³-hybridized carbons (Fsp3) is 0.700. The average Bonchev–Trinajstić information content (AvgIpc) is 2.58. The Kier molecular flexibility index (Phi) is 2.91. The lowest BCUT2D eigenvalue weighted by Gasteiger charge is -2.27. The predicted octanol–water partition coefficient (Wildman–Crippen LogP) is 0.797. The Morgan fingerprint density at radius 1 is 1.62 bits per heavy atom. The van der Waals surface area contributed by atoms with Crippen molar-refractivity contribution < 1.29 is 15.0 Å². The van der Waals surface area contributed by atoms with Gasteiger partial charge < -0.3 is 10.2 Å². The summed E-state index contributed by atoms with van der Waals surface area (Å²) < 4.78 is 1.55. The van der Waals surface area contributed by atoms with Gasteiger partial charge >= 0.3 is 5.97 Å². The molecule has 88 valence electrons. The minimum Gasteiger partial charge on any atom is -0.476 e. The maximum absolute atomic E-state index is 11.0. The van der Waals surface area contributed by atoms with E-state index in [0.29, 0.717) is 5.69 Å². The second-order valence-corrected chi connectivity index (χ2v) is 4.23. The van der Waals surface area contributed by atoms with Crippen molar-refractivity contribution in [1.29, 1.82) is 0 Å². The Morgan fingerprint density at radius 3 is 2.75 bits per heavy atom. The van der Waals surface area contributed by atoms with Crippen molar-refractivity contribution in [2.75, 3.05) is 6.61 Å². The molecule has 0 aliphatic heterocycles. The molecule has 2 rings (SSSR count). The van der Waals surface area contributed by atoms with E-state index >= 15 is 0 Å². The number of aromatic nitrogens is 3. The summed E-state index contributed by atoms with van der Waals surface area (Å²) in [6, 6.07) is -0.226. The van der Waals surface area contributed by atoms with Crippen molar-refractivity contribution in [2.45, 2.75) is 38.1 Å². The number of hydrogen-bond acceptors (Lipinski definition) is 4. The minimum atomic E-state index is -1.04. The maximum atomic E-state index is 11.0. The van der Waals surface area contributed by atoms with E-state index in [1.807, 2.05) is 0 Å². The van der Waals surface area contributed by atoms with Gasteiger partial charge in [-0.3, -0.25) is 0 Å². The molecule has 1 atom stereocenters. The lowest BCUT2D eigenvalue weighted by Crippen LogP contribution is -2.21. The normalized spacial score (nSPS) is 18.1. The molecule has 6 heteroatoms. The Balaban J connectivity index is 2.40. The van der Waals surface area contributed by atoms with Gasteiger partial charge in [0.15, 0.2) is 5.69 Å². The minimum absolute atomic E-state index is 0.0324. The van der Waals surface area contributed by atoms with Crippen molar-refractivity contribution in [1.82, 2.24) is 15.0 Å². The molecule has 1 aromatic rings. The Morgan fingerprint density at radius 2 is 2.31 bits per heavy atom. The summed E-state index contributed by atoms with van der Waals surface area (Å²) in [6.45, 7) is 1.73. The standard InChI is InChI=1S/C10H15N3O3/c1-6(5-14)13-9(7-3-2-4-7)8(10(15)16)11-12-13/h6-7,14H,2-5H2,1H3,(H,15,16). The van der Waals surface area contributed by atoms with Gasteiger partial charge in [0.2, 0.25) is 0 Å². The highest BCUT2D eigenvalue weighted by Crippen LogP contribution is 2.38. The van der Waals surface area contributed by atoms with Gasteiger partial charge in [0.25, 0.3) is 0 Å². The van der Waals surface area contributed by atoms with Gasteiger partial charge in [0.1, 0.15) is 0 Å². The molecule has 1 unspecified atom stereocenters. The molecule has 1 saturated carbocycles. The quantitative estimate of drug-likeness (QED) is 0.791. The monoisotopic (exact) mass is 225 g/mol. The summed E-state index contributed by atoms with van der Waals surface area (Å²) in [5.41, 5.74) is 0.699. The van der Waals surface area contributed by atoms with Crippen molar-refractivity contribution >= 4 is 5.97 Å². The van der Waals surface area contributed by atoms with E-state index in [9.17, 15) is 4.79 Å².